The maximum absolute atomic E-state index is 6.12. The second-order valence-corrected chi connectivity index (χ2v) is 5.81. The first-order chi connectivity index (χ1) is 12.2. The molecule has 0 aliphatic heterocycles. The van der Waals surface area contributed by atoms with Gasteiger partial charge in [0.25, 0.3) is 0 Å². The molecule has 1 aromatic carbocycles. The molecule has 0 saturated carbocycles. The van der Waals surface area contributed by atoms with Gasteiger partial charge in [-0.2, -0.15) is 5.10 Å². The number of anilines is 1. The maximum Gasteiger partial charge on any atom is 0.184 e. The van der Waals surface area contributed by atoms with E-state index >= 15 is 0 Å². The van der Waals surface area contributed by atoms with Crippen molar-refractivity contribution in [1.29, 1.82) is 0 Å². The average Bonchev–Trinajstić information content (AvgIpc) is 3.03. The number of hydrogen-bond donors (Lipinski definition) is 2. The van der Waals surface area contributed by atoms with Gasteiger partial charge in [0.05, 0.1) is 18.2 Å². The Hall–Kier alpha value is -3.41. The molecule has 3 heterocycles. The molecule has 0 amide bonds. The Morgan fingerprint density at radius 2 is 1.84 bits per heavy atom. The summed E-state index contributed by atoms with van der Waals surface area (Å²) < 4.78 is 5.39. The second kappa shape index (κ2) is 5.90. The summed E-state index contributed by atoms with van der Waals surface area (Å²) >= 11 is 0. The van der Waals surface area contributed by atoms with Gasteiger partial charge >= 0.3 is 0 Å². The molecule has 0 radical (unpaired) electrons. The number of aryl methyl sites for hydroxylation is 1. The SMILES string of the molecule is COc1ccc(C)c(-c2cc(-c3ccncc3)nc3n[nH]c(N)c23)c1. The monoisotopic (exact) mass is 331 g/mol. The van der Waals surface area contributed by atoms with E-state index in [0.717, 1.165) is 39.1 Å². The van der Waals surface area contributed by atoms with Crippen LogP contribution < -0.4 is 10.5 Å². The Bertz CT molecular complexity index is 1060. The molecule has 6 nitrogen and oxygen atoms in total. The summed E-state index contributed by atoms with van der Waals surface area (Å²) in [5.74, 6) is 1.29. The van der Waals surface area contributed by atoms with Crippen molar-refractivity contribution in [3.63, 3.8) is 0 Å². The molecule has 4 rings (SSSR count). The molecule has 0 bridgehead atoms. The van der Waals surface area contributed by atoms with Gasteiger partial charge in [0.1, 0.15) is 11.6 Å². The zero-order chi connectivity index (χ0) is 17.4. The fourth-order valence-electron chi connectivity index (χ4n) is 2.95. The van der Waals surface area contributed by atoms with Crippen LogP contribution in [0.1, 0.15) is 5.56 Å². The van der Waals surface area contributed by atoms with Gasteiger partial charge in [-0.15, -0.1) is 0 Å². The highest BCUT2D eigenvalue weighted by atomic mass is 16.5. The summed E-state index contributed by atoms with van der Waals surface area (Å²) in [6.07, 6.45) is 3.49. The molecule has 0 saturated heterocycles. The minimum absolute atomic E-state index is 0.501. The highest BCUT2D eigenvalue weighted by Gasteiger charge is 2.16. The Morgan fingerprint density at radius 1 is 1.04 bits per heavy atom. The molecule has 0 aliphatic rings. The van der Waals surface area contributed by atoms with Crippen molar-refractivity contribution in [3.05, 3.63) is 54.4 Å². The zero-order valence-corrected chi connectivity index (χ0v) is 13.9. The number of hydrogen-bond acceptors (Lipinski definition) is 5. The summed E-state index contributed by atoms with van der Waals surface area (Å²) in [4.78, 5) is 8.71. The predicted octanol–water partition coefficient (Wildman–Crippen LogP) is 3.59. The molecule has 3 N–H and O–H groups in total. The van der Waals surface area contributed by atoms with E-state index in [1.54, 1.807) is 19.5 Å². The van der Waals surface area contributed by atoms with Crippen LogP contribution in [-0.2, 0) is 0 Å². The number of nitrogens with two attached hydrogens (primary N) is 1. The fraction of sp³-hybridized carbons (Fsp3) is 0.105. The summed E-state index contributed by atoms with van der Waals surface area (Å²) in [7, 11) is 1.66. The van der Waals surface area contributed by atoms with Crippen molar-refractivity contribution in [2.24, 2.45) is 0 Å². The fourth-order valence-corrected chi connectivity index (χ4v) is 2.95. The lowest BCUT2D eigenvalue weighted by Gasteiger charge is -2.12. The number of rotatable bonds is 3. The third kappa shape index (κ3) is 2.57. The van der Waals surface area contributed by atoms with Crippen LogP contribution in [0.2, 0.25) is 0 Å². The molecule has 0 spiro atoms. The molecular weight excluding hydrogens is 314 g/mol. The van der Waals surface area contributed by atoms with E-state index in [1.165, 1.54) is 0 Å². The number of methoxy groups -OCH3 is 1. The number of benzene rings is 1. The van der Waals surface area contributed by atoms with Gasteiger partial charge in [-0.1, -0.05) is 6.07 Å². The Morgan fingerprint density at radius 3 is 2.60 bits per heavy atom. The number of H-pyrrole nitrogens is 1. The number of nitrogens with one attached hydrogen (secondary N) is 1. The van der Waals surface area contributed by atoms with Gasteiger partial charge in [-0.25, -0.2) is 4.98 Å². The van der Waals surface area contributed by atoms with Crippen LogP contribution in [0, 0.1) is 6.92 Å². The molecule has 0 fully saturated rings. The molecule has 0 atom stereocenters. The van der Waals surface area contributed by atoms with E-state index < -0.39 is 0 Å². The Labute approximate surface area is 144 Å². The van der Waals surface area contributed by atoms with Gasteiger partial charge in [-0.3, -0.25) is 10.1 Å². The van der Waals surface area contributed by atoms with Gasteiger partial charge in [0, 0.05) is 18.0 Å². The van der Waals surface area contributed by atoms with Crippen molar-refractivity contribution in [3.8, 4) is 28.1 Å². The van der Waals surface area contributed by atoms with Crippen LogP contribution in [0.4, 0.5) is 5.82 Å². The van der Waals surface area contributed by atoms with Crippen molar-refractivity contribution in [2.75, 3.05) is 12.8 Å². The van der Waals surface area contributed by atoms with E-state index in [0.29, 0.717) is 11.5 Å². The predicted molar refractivity (Wildman–Crippen MR) is 98.3 cm³/mol. The first-order valence-corrected chi connectivity index (χ1v) is 7.87. The van der Waals surface area contributed by atoms with E-state index in [2.05, 4.69) is 27.1 Å². The van der Waals surface area contributed by atoms with Crippen molar-refractivity contribution >= 4 is 16.9 Å². The summed E-state index contributed by atoms with van der Waals surface area (Å²) in [6, 6.07) is 11.9. The van der Waals surface area contributed by atoms with Crippen LogP contribution in [0.15, 0.2) is 48.8 Å². The second-order valence-electron chi connectivity index (χ2n) is 5.81. The van der Waals surface area contributed by atoms with E-state index in [9.17, 15) is 0 Å². The minimum atomic E-state index is 0.501. The van der Waals surface area contributed by atoms with Crippen molar-refractivity contribution < 1.29 is 4.74 Å². The lowest BCUT2D eigenvalue weighted by atomic mass is 9.96. The number of nitrogen functional groups attached to an aromatic ring is 1. The molecule has 4 aromatic rings. The summed E-state index contributed by atoms with van der Waals surface area (Å²) in [5.41, 5.74) is 11.6. The number of fused-ring (bicyclic) bond motifs is 1. The number of ether oxygens (including phenoxy) is 1. The third-order valence-electron chi connectivity index (χ3n) is 4.26. The van der Waals surface area contributed by atoms with Crippen LogP contribution in [-0.4, -0.2) is 27.3 Å². The highest BCUT2D eigenvalue weighted by molar-refractivity contribution is 6.02. The van der Waals surface area contributed by atoms with Crippen LogP contribution in [0.3, 0.4) is 0 Å². The van der Waals surface area contributed by atoms with Crippen molar-refractivity contribution in [1.82, 2.24) is 20.2 Å². The van der Waals surface area contributed by atoms with Gasteiger partial charge < -0.3 is 10.5 Å². The zero-order valence-electron chi connectivity index (χ0n) is 13.9. The quantitative estimate of drug-likeness (QED) is 0.599. The first-order valence-electron chi connectivity index (χ1n) is 7.87. The van der Waals surface area contributed by atoms with Crippen molar-refractivity contribution in [2.45, 2.75) is 6.92 Å². The first kappa shape index (κ1) is 15.1. The number of nitrogens with zero attached hydrogens (tertiary/aromatic N) is 3. The van der Waals surface area contributed by atoms with Gasteiger partial charge in [0.2, 0.25) is 0 Å². The standard InChI is InChI=1S/C19H17N5O/c1-11-3-4-13(25-2)9-14(11)15-10-16(12-5-7-21-8-6-12)22-19-17(15)18(20)23-24-19/h3-10H,1-2H3,(H3,20,22,23,24). The topological polar surface area (TPSA) is 89.7 Å². The maximum atomic E-state index is 6.12. The molecular formula is C19H17N5O. The third-order valence-corrected chi connectivity index (χ3v) is 4.26. The molecule has 0 aliphatic carbocycles. The number of pyridine rings is 2. The molecule has 6 heteroatoms. The Kier molecular flexibility index (Phi) is 3.57. The minimum Gasteiger partial charge on any atom is -0.497 e. The smallest absolute Gasteiger partial charge is 0.184 e. The van der Waals surface area contributed by atoms with Crippen LogP contribution in [0.25, 0.3) is 33.4 Å². The Balaban J connectivity index is 2.04. The largest absolute Gasteiger partial charge is 0.497 e. The molecule has 3 aromatic heterocycles. The molecule has 124 valence electrons. The highest BCUT2D eigenvalue weighted by Crippen LogP contribution is 2.36. The van der Waals surface area contributed by atoms with Crippen LogP contribution in [0.5, 0.6) is 5.75 Å². The van der Waals surface area contributed by atoms with Gasteiger partial charge in [0.15, 0.2) is 5.65 Å². The lowest BCUT2D eigenvalue weighted by molar-refractivity contribution is 0.415. The van der Waals surface area contributed by atoms with Gasteiger partial charge in [-0.05, 0) is 53.9 Å². The normalized spacial score (nSPS) is 11.0. The summed E-state index contributed by atoms with van der Waals surface area (Å²) in [6.45, 7) is 2.06. The number of aromatic amines is 1. The van der Waals surface area contributed by atoms with Crippen LogP contribution >= 0.6 is 0 Å². The lowest BCUT2D eigenvalue weighted by Crippen LogP contribution is -1.93. The number of aromatic nitrogens is 4. The average molecular weight is 331 g/mol. The van der Waals surface area contributed by atoms with E-state index in [4.69, 9.17) is 10.5 Å². The van der Waals surface area contributed by atoms with E-state index in [-0.39, 0.29) is 0 Å². The summed E-state index contributed by atoms with van der Waals surface area (Å²) in [5, 5.41) is 7.90. The molecule has 25 heavy (non-hydrogen) atoms. The molecule has 0 unspecified atom stereocenters. The van der Waals surface area contributed by atoms with E-state index in [1.807, 2.05) is 36.4 Å².